The summed E-state index contributed by atoms with van der Waals surface area (Å²) in [6.45, 7) is -1.42. The molecule has 0 bridgehead atoms. The minimum absolute atomic E-state index is 0.101. The highest BCUT2D eigenvalue weighted by Gasteiger charge is 2.29. The number of carbonyl (C=O) groups excluding carboxylic acids is 1. The SMILES string of the molecule is O=C(CNC1CCC(c2nnn3cnc4[nH]ccc4c23)CC1)NCC(F)(F)F. The van der Waals surface area contributed by atoms with Gasteiger partial charge in [0.1, 0.15) is 24.0 Å². The van der Waals surface area contributed by atoms with Gasteiger partial charge in [-0.15, -0.1) is 5.10 Å². The number of alkyl halides is 3. The van der Waals surface area contributed by atoms with Crippen molar-refractivity contribution in [2.75, 3.05) is 13.1 Å². The summed E-state index contributed by atoms with van der Waals surface area (Å²) in [6.07, 6.45) is 2.44. The van der Waals surface area contributed by atoms with E-state index in [0.29, 0.717) is 0 Å². The number of hydrogen-bond donors (Lipinski definition) is 3. The largest absolute Gasteiger partial charge is 0.405 e. The molecule has 0 aromatic carbocycles. The molecule has 1 fully saturated rings. The molecule has 0 atom stereocenters. The molecule has 0 unspecified atom stereocenters. The van der Waals surface area contributed by atoms with E-state index in [2.05, 4.69) is 25.6 Å². The maximum Gasteiger partial charge on any atom is 0.405 e. The van der Waals surface area contributed by atoms with Crippen molar-refractivity contribution in [3.63, 3.8) is 0 Å². The molecule has 8 nitrogen and oxygen atoms in total. The quantitative estimate of drug-likeness (QED) is 0.613. The molecule has 1 aliphatic rings. The second kappa shape index (κ2) is 7.38. The predicted octanol–water partition coefficient (Wildman–Crippen LogP) is 1.90. The summed E-state index contributed by atoms with van der Waals surface area (Å²) in [6, 6.07) is 2.06. The Morgan fingerprint density at radius 1 is 1.29 bits per heavy atom. The maximum atomic E-state index is 12.1. The summed E-state index contributed by atoms with van der Waals surface area (Å²) >= 11 is 0. The summed E-state index contributed by atoms with van der Waals surface area (Å²) in [5.41, 5.74) is 2.68. The van der Waals surface area contributed by atoms with Crippen LogP contribution in [0.4, 0.5) is 13.2 Å². The average molecular weight is 395 g/mol. The molecule has 28 heavy (non-hydrogen) atoms. The van der Waals surface area contributed by atoms with E-state index in [1.807, 2.05) is 17.6 Å². The van der Waals surface area contributed by atoms with Gasteiger partial charge in [0.15, 0.2) is 0 Å². The van der Waals surface area contributed by atoms with Gasteiger partial charge in [0.2, 0.25) is 5.91 Å². The Bertz CT molecular complexity index is 972. The van der Waals surface area contributed by atoms with Crippen LogP contribution in [0.5, 0.6) is 0 Å². The van der Waals surface area contributed by atoms with Crippen LogP contribution in [0.3, 0.4) is 0 Å². The summed E-state index contributed by atoms with van der Waals surface area (Å²) in [4.78, 5) is 18.9. The lowest BCUT2D eigenvalue weighted by Crippen LogP contribution is -2.43. The second-order valence-electron chi connectivity index (χ2n) is 7.07. The zero-order chi connectivity index (χ0) is 19.7. The summed E-state index contributed by atoms with van der Waals surface area (Å²) in [5.74, 6) is -0.402. The van der Waals surface area contributed by atoms with E-state index >= 15 is 0 Å². The first-order valence-corrected chi connectivity index (χ1v) is 9.14. The van der Waals surface area contributed by atoms with Crippen LogP contribution in [0.25, 0.3) is 16.6 Å². The van der Waals surface area contributed by atoms with Crippen molar-refractivity contribution in [3.05, 3.63) is 24.3 Å². The van der Waals surface area contributed by atoms with Gasteiger partial charge in [-0.05, 0) is 31.7 Å². The molecule has 0 radical (unpaired) electrons. The van der Waals surface area contributed by atoms with Crippen LogP contribution in [0.2, 0.25) is 0 Å². The van der Waals surface area contributed by atoms with Gasteiger partial charge in [-0.1, -0.05) is 5.21 Å². The Kier molecular flexibility index (Phi) is 4.92. The topological polar surface area (TPSA) is 100 Å². The smallest absolute Gasteiger partial charge is 0.346 e. The van der Waals surface area contributed by atoms with Gasteiger partial charge in [-0.3, -0.25) is 4.79 Å². The molecule has 3 aromatic heterocycles. The van der Waals surface area contributed by atoms with Gasteiger partial charge < -0.3 is 15.6 Å². The minimum atomic E-state index is -4.39. The highest BCUT2D eigenvalue weighted by atomic mass is 19.4. The highest BCUT2D eigenvalue weighted by molar-refractivity contribution is 5.92. The monoisotopic (exact) mass is 395 g/mol. The van der Waals surface area contributed by atoms with E-state index < -0.39 is 18.6 Å². The summed E-state index contributed by atoms with van der Waals surface area (Å²) < 4.78 is 38.0. The summed E-state index contributed by atoms with van der Waals surface area (Å²) in [7, 11) is 0. The van der Waals surface area contributed by atoms with Crippen LogP contribution in [-0.2, 0) is 4.79 Å². The first kappa shape index (κ1) is 18.7. The lowest BCUT2D eigenvalue weighted by atomic mass is 9.83. The standard InChI is InChI=1S/C17H20F3N7O/c18-17(19,20)8-23-13(28)7-22-11-3-1-10(2-4-11)14-15-12-5-6-21-16(12)24-9-27(15)26-25-14/h5-6,9-11,21-22H,1-4,7-8H2,(H,23,28). The van der Waals surface area contributed by atoms with E-state index in [0.717, 1.165) is 47.9 Å². The number of rotatable bonds is 5. The van der Waals surface area contributed by atoms with E-state index in [1.165, 1.54) is 0 Å². The van der Waals surface area contributed by atoms with Crippen molar-refractivity contribution in [1.82, 2.24) is 35.4 Å². The predicted molar refractivity (Wildman–Crippen MR) is 94.7 cm³/mol. The number of halogens is 3. The Labute approximate surface area is 157 Å². The first-order chi connectivity index (χ1) is 13.4. The Hall–Kier alpha value is -2.69. The number of hydrogen-bond acceptors (Lipinski definition) is 5. The average Bonchev–Trinajstić information content (AvgIpc) is 3.30. The fourth-order valence-corrected chi connectivity index (χ4v) is 3.76. The number of aromatic amines is 1. The molecule has 11 heteroatoms. The summed E-state index contributed by atoms with van der Waals surface area (Å²) in [5, 5.41) is 14.4. The number of aromatic nitrogens is 5. The molecule has 4 rings (SSSR count). The van der Waals surface area contributed by atoms with Gasteiger partial charge in [0.05, 0.1) is 12.2 Å². The zero-order valence-electron chi connectivity index (χ0n) is 15.0. The molecule has 3 heterocycles. The first-order valence-electron chi connectivity index (χ1n) is 9.14. The van der Waals surface area contributed by atoms with Gasteiger partial charge >= 0.3 is 6.18 Å². The fraction of sp³-hybridized carbons (Fsp3) is 0.529. The lowest BCUT2D eigenvalue weighted by Gasteiger charge is -2.28. The highest BCUT2D eigenvalue weighted by Crippen LogP contribution is 2.35. The molecule has 3 N–H and O–H groups in total. The van der Waals surface area contributed by atoms with Crippen molar-refractivity contribution >= 4 is 22.5 Å². The van der Waals surface area contributed by atoms with Gasteiger partial charge in [0.25, 0.3) is 0 Å². The third-order valence-corrected chi connectivity index (χ3v) is 5.15. The Morgan fingerprint density at radius 3 is 2.82 bits per heavy atom. The molecular formula is C17H20F3N7O. The molecule has 1 aliphatic carbocycles. The van der Waals surface area contributed by atoms with Crippen LogP contribution in [0.1, 0.15) is 37.3 Å². The number of fused-ring (bicyclic) bond motifs is 3. The Morgan fingerprint density at radius 2 is 2.07 bits per heavy atom. The minimum Gasteiger partial charge on any atom is -0.346 e. The van der Waals surface area contributed by atoms with Gasteiger partial charge in [-0.25, -0.2) is 9.50 Å². The fourth-order valence-electron chi connectivity index (χ4n) is 3.76. The van der Waals surface area contributed by atoms with Crippen molar-refractivity contribution in [3.8, 4) is 0 Å². The van der Waals surface area contributed by atoms with Crippen LogP contribution in [-0.4, -0.2) is 56.0 Å². The van der Waals surface area contributed by atoms with Crippen molar-refractivity contribution in [2.45, 2.75) is 43.8 Å². The lowest BCUT2D eigenvalue weighted by molar-refractivity contribution is -0.138. The van der Waals surface area contributed by atoms with Crippen LogP contribution < -0.4 is 10.6 Å². The van der Waals surface area contributed by atoms with Gasteiger partial charge in [-0.2, -0.15) is 13.2 Å². The molecule has 0 saturated heterocycles. The van der Waals surface area contributed by atoms with Crippen LogP contribution in [0, 0.1) is 0 Å². The number of H-pyrrole nitrogens is 1. The number of amides is 1. The molecule has 0 spiro atoms. The molecule has 150 valence electrons. The van der Waals surface area contributed by atoms with Crippen LogP contribution in [0.15, 0.2) is 18.6 Å². The third kappa shape index (κ3) is 3.93. The molecule has 3 aromatic rings. The van der Waals surface area contributed by atoms with Gasteiger partial charge in [0, 0.05) is 23.5 Å². The van der Waals surface area contributed by atoms with Crippen molar-refractivity contribution in [1.29, 1.82) is 0 Å². The van der Waals surface area contributed by atoms with Crippen LogP contribution >= 0.6 is 0 Å². The normalized spacial score (nSPS) is 20.7. The zero-order valence-corrected chi connectivity index (χ0v) is 15.0. The van der Waals surface area contributed by atoms with E-state index in [9.17, 15) is 18.0 Å². The molecule has 1 amide bonds. The van der Waals surface area contributed by atoms with E-state index in [-0.39, 0.29) is 18.5 Å². The number of carbonyl (C=O) groups is 1. The Balaban J connectivity index is 1.34. The second-order valence-corrected chi connectivity index (χ2v) is 7.07. The van der Waals surface area contributed by atoms with E-state index in [1.54, 1.807) is 10.8 Å². The van der Waals surface area contributed by atoms with E-state index in [4.69, 9.17) is 0 Å². The molecule has 1 saturated carbocycles. The molecule has 0 aliphatic heterocycles. The number of nitrogens with zero attached hydrogens (tertiary/aromatic N) is 4. The number of nitrogens with one attached hydrogen (secondary N) is 3. The van der Waals surface area contributed by atoms with Crippen molar-refractivity contribution in [2.24, 2.45) is 0 Å². The maximum absolute atomic E-state index is 12.1. The van der Waals surface area contributed by atoms with Crippen molar-refractivity contribution < 1.29 is 18.0 Å². The third-order valence-electron chi connectivity index (χ3n) is 5.15. The molecular weight excluding hydrogens is 375 g/mol.